The summed E-state index contributed by atoms with van der Waals surface area (Å²) in [5.41, 5.74) is 0. The zero-order chi connectivity index (χ0) is 18.8. The number of aliphatic carboxylic acids is 2. The van der Waals surface area contributed by atoms with Crippen LogP contribution in [0.1, 0.15) is 116 Å². The molecule has 0 aliphatic carbocycles. The minimum atomic E-state index is -1.02. The van der Waals surface area contributed by atoms with Crippen molar-refractivity contribution in [3.8, 4) is 0 Å². The molecule has 0 bridgehead atoms. The van der Waals surface area contributed by atoms with Gasteiger partial charge in [0.2, 0.25) is 0 Å². The molecule has 4 nitrogen and oxygen atoms in total. The van der Waals surface area contributed by atoms with Gasteiger partial charge >= 0.3 is 11.9 Å². The molecule has 2 N–H and O–H groups in total. The number of carboxylic acids is 2. The van der Waals surface area contributed by atoms with Gasteiger partial charge in [-0.1, -0.05) is 103 Å². The third-order valence-corrected chi connectivity index (χ3v) is 4.93. The van der Waals surface area contributed by atoms with Gasteiger partial charge < -0.3 is 10.2 Å². The smallest absolute Gasteiger partial charge is 0.307 e. The minimum Gasteiger partial charge on any atom is -0.481 e. The summed E-state index contributed by atoms with van der Waals surface area (Å²) in [7, 11) is 0. The first-order valence-corrected chi connectivity index (χ1v) is 10.5. The summed E-state index contributed by atoms with van der Waals surface area (Å²) < 4.78 is 0. The summed E-state index contributed by atoms with van der Waals surface area (Å²) >= 11 is 0. The van der Waals surface area contributed by atoms with Crippen molar-refractivity contribution in [1.82, 2.24) is 0 Å². The van der Waals surface area contributed by atoms with Gasteiger partial charge in [-0.05, 0) is 6.42 Å². The molecule has 0 aliphatic heterocycles. The van der Waals surface area contributed by atoms with E-state index in [-0.39, 0.29) is 6.42 Å². The van der Waals surface area contributed by atoms with Crippen LogP contribution in [0.3, 0.4) is 0 Å². The Balaban J connectivity index is 3.28. The summed E-state index contributed by atoms with van der Waals surface area (Å²) in [6.07, 6.45) is 19.4. The molecule has 0 radical (unpaired) electrons. The van der Waals surface area contributed by atoms with Crippen molar-refractivity contribution >= 4 is 11.9 Å². The fourth-order valence-electron chi connectivity index (χ4n) is 3.29. The fraction of sp³-hybridized carbons (Fsp3) is 0.905. The molecule has 0 aliphatic rings. The third kappa shape index (κ3) is 17.6. The van der Waals surface area contributed by atoms with Crippen molar-refractivity contribution < 1.29 is 19.8 Å². The van der Waals surface area contributed by atoms with Crippen LogP contribution < -0.4 is 0 Å². The maximum absolute atomic E-state index is 11.0. The van der Waals surface area contributed by atoms with Crippen LogP contribution in [-0.4, -0.2) is 22.2 Å². The van der Waals surface area contributed by atoms with E-state index in [0.717, 1.165) is 19.3 Å². The number of carboxylic acid groups (broad SMARTS) is 2. The Morgan fingerprint density at radius 2 is 1.00 bits per heavy atom. The largest absolute Gasteiger partial charge is 0.481 e. The van der Waals surface area contributed by atoms with Crippen molar-refractivity contribution in [3.05, 3.63) is 0 Å². The molecule has 0 spiro atoms. The second-order valence-electron chi connectivity index (χ2n) is 7.37. The lowest BCUT2D eigenvalue weighted by Gasteiger charge is -2.09. The van der Waals surface area contributed by atoms with E-state index in [1.54, 1.807) is 0 Å². The molecule has 4 heteroatoms. The summed E-state index contributed by atoms with van der Waals surface area (Å²) in [4.78, 5) is 21.6. The van der Waals surface area contributed by atoms with Crippen molar-refractivity contribution in [2.24, 2.45) is 5.92 Å². The van der Waals surface area contributed by atoms with E-state index in [1.165, 1.54) is 77.0 Å². The monoisotopic (exact) mass is 356 g/mol. The van der Waals surface area contributed by atoms with E-state index in [0.29, 0.717) is 6.42 Å². The molecular formula is C21H40O4. The molecule has 1 atom stereocenters. The van der Waals surface area contributed by atoms with Gasteiger partial charge in [-0.2, -0.15) is 0 Å². The highest BCUT2D eigenvalue weighted by Crippen LogP contribution is 2.17. The molecule has 0 saturated heterocycles. The average molecular weight is 357 g/mol. The highest BCUT2D eigenvalue weighted by atomic mass is 16.4. The minimum absolute atomic E-state index is 0.256. The lowest BCUT2D eigenvalue weighted by atomic mass is 9.97. The lowest BCUT2D eigenvalue weighted by Crippen LogP contribution is -2.17. The standard InChI is InChI=1S/C21H40O4/c1-2-3-4-5-6-7-8-9-10-11-12-13-14-15-16-17-19(21(24)25)18-20(22)23/h19H,2-18H2,1H3,(H,22,23)(H,24,25). The summed E-state index contributed by atoms with van der Waals surface area (Å²) in [5.74, 6) is -2.72. The number of carbonyl (C=O) groups is 2. The first-order valence-electron chi connectivity index (χ1n) is 10.5. The second kappa shape index (κ2) is 17.8. The Kier molecular flexibility index (Phi) is 17.0. The second-order valence-corrected chi connectivity index (χ2v) is 7.37. The third-order valence-electron chi connectivity index (χ3n) is 4.93. The van der Waals surface area contributed by atoms with Gasteiger partial charge in [0.05, 0.1) is 12.3 Å². The van der Waals surface area contributed by atoms with Crippen LogP contribution in [0.15, 0.2) is 0 Å². The van der Waals surface area contributed by atoms with E-state index in [2.05, 4.69) is 6.92 Å². The summed E-state index contributed by atoms with van der Waals surface area (Å²) in [6, 6.07) is 0. The Bertz CT molecular complexity index is 328. The molecule has 148 valence electrons. The Labute approximate surface area is 154 Å². The highest BCUT2D eigenvalue weighted by Gasteiger charge is 2.20. The van der Waals surface area contributed by atoms with E-state index in [9.17, 15) is 9.59 Å². The molecule has 0 aromatic carbocycles. The van der Waals surface area contributed by atoms with Crippen molar-refractivity contribution in [2.75, 3.05) is 0 Å². The van der Waals surface area contributed by atoms with Crippen LogP contribution in [0.2, 0.25) is 0 Å². The van der Waals surface area contributed by atoms with Crippen LogP contribution in [0.5, 0.6) is 0 Å². The number of unbranched alkanes of at least 4 members (excludes halogenated alkanes) is 14. The Morgan fingerprint density at radius 3 is 1.32 bits per heavy atom. The molecule has 0 aromatic heterocycles. The van der Waals surface area contributed by atoms with Crippen LogP contribution >= 0.6 is 0 Å². The predicted octanol–water partition coefficient (Wildman–Crippen LogP) is 6.42. The van der Waals surface area contributed by atoms with Crippen LogP contribution in [0.25, 0.3) is 0 Å². The summed E-state index contributed by atoms with van der Waals surface area (Å²) in [5, 5.41) is 17.7. The number of rotatable bonds is 19. The van der Waals surface area contributed by atoms with Gasteiger partial charge in [0, 0.05) is 0 Å². The fourth-order valence-corrected chi connectivity index (χ4v) is 3.29. The van der Waals surface area contributed by atoms with Crippen molar-refractivity contribution in [3.63, 3.8) is 0 Å². The van der Waals surface area contributed by atoms with E-state index >= 15 is 0 Å². The van der Waals surface area contributed by atoms with Gasteiger partial charge in [0.1, 0.15) is 0 Å². The molecule has 0 rings (SSSR count). The molecule has 25 heavy (non-hydrogen) atoms. The van der Waals surface area contributed by atoms with E-state index < -0.39 is 17.9 Å². The van der Waals surface area contributed by atoms with Crippen LogP contribution in [0.4, 0.5) is 0 Å². The maximum atomic E-state index is 11.0. The number of hydrogen-bond acceptors (Lipinski definition) is 2. The molecule has 0 aromatic rings. The van der Waals surface area contributed by atoms with E-state index in [1.807, 2.05) is 0 Å². The predicted molar refractivity (Wildman–Crippen MR) is 103 cm³/mol. The molecule has 0 heterocycles. The van der Waals surface area contributed by atoms with Crippen LogP contribution in [0, 0.1) is 5.92 Å². The van der Waals surface area contributed by atoms with Gasteiger partial charge in [-0.25, -0.2) is 0 Å². The first-order chi connectivity index (χ1) is 12.1. The lowest BCUT2D eigenvalue weighted by molar-refractivity contribution is -0.148. The SMILES string of the molecule is CCCCCCCCCCCCCCCCCC(CC(=O)O)C(=O)O. The topological polar surface area (TPSA) is 74.6 Å². The molecule has 0 fully saturated rings. The average Bonchev–Trinajstić information content (AvgIpc) is 2.56. The van der Waals surface area contributed by atoms with Crippen molar-refractivity contribution in [1.29, 1.82) is 0 Å². The van der Waals surface area contributed by atoms with Gasteiger partial charge in [-0.15, -0.1) is 0 Å². The van der Waals surface area contributed by atoms with Crippen LogP contribution in [-0.2, 0) is 9.59 Å². The van der Waals surface area contributed by atoms with Gasteiger partial charge in [0.25, 0.3) is 0 Å². The zero-order valence-corrected chi connectivity index (χ0v) is 16.3. The molecule has 0 saturated carbocycles. The van der Waals surface area contributed by atoms with Crippen molar-refractivity contribution in [2.45, 2.75) is 116 Å². The summed E-state index contributed by atoms with van der Waals surface area (Å²) in [6.45, 7) is 2.26. The first kappa shape index (κ1) is 23.9. The molecule has 1 unspecified atom stereocenters. The highest BCUT2D eigenvalue weighted by molar-refractivity contribution is 5.77. The normalized spacial score (nSPS) is 12.2. The Hall–Kier alpha value is -1.06. The zero-order valence-electron chi connectivity index (χ0n) is 16.3. The molecule has 0 amide bonds. The number of hydrogen-bond donors (Lipinski definition) is 2. The maximum Gasteiger partial charge on any atom is 0.307 e. The quantitative estimate of drug-likeness (QED) is 0.262. The Morgan fingerprint density at radius 1 is 0.640 bits per heavy atom. The van der Waals surface area contributed by atoms with E-state index in [4.69, 9.17) is 10.2 Å². The molecular weight excluding hydrogens is 316 g/mol. The van der Waals surface area contributed by atoms with Gasteiger partial charge in [0.15, 0.2) is 0 Å². The van der Waals surface area contributed by atoms with Gasteiger partial charge in [-0.3, -0.25) is 9.59 Å².